The van der Waals surface area contributed by atoms with E-state index in [1.165, 1.54) is 12.1 Å². The summed E-state index contributed by atoms with van der Waals surface area (Å²) in [5.74, 6) is -0.264. The first kappa shape index (κ1) is 17.5. The van der Waals surface area contributed by atoms with Gasteiger partial charge in [-0.15, -0.1) is 0 Å². The fourth-order valence-corrected chi connectivity index (χ4v) is 3.88. The highest BCUT2D eigenvalue weighted by molar-refractivity contribution is 6.00. The molecule has 0 saturated carbocycles. The summed E-state index contributed by atoms with van der Waals surface area (Å²) in [6, 6.07) is 10.5. The molecular formula is C23H16FN7. The molecule has 6 rings (SSSR count). The van der Waals surface area contributed by atoms with Gasteiger partial charge in [0.15, 0.2) is 5.65 Å². The second-order valence-corrected chi connectivity index (χ2v) is 7.43. The second-order valence-electron chi connectivity index (χ2n) is 7.43. The SMILES string of the molecule is Cn1cc(-c2cnc3n[nH]c(-c4cc5c(-c6ccc(F)cc6)cncc5[nH]4)c3c2)cn1. The molecule has 0 fully saturated rings. The Morgan fingerprint density at radius 1 is 0.903 bits per heavy atom. The minimum Gasteiger partial charge on any atom is -0.352 e. The number of hydrogen-bond acceptors (Lipinski definition) is 4. The molecule has 6 aromatic rings. The van der Waals surface area contributed by atoms with Crippen molar-refractivity contribution in [2.45, 2.75) is 0 Å². The predicted octanol–water partition coefficient (Wildman–Crippen LogP) is 4.71. The van der Waals surface area contributed by atoms with Crippen molar-refractivity contribution in [3.63, 3.8) is 0 Å². The van der Waals surface area contributed by atoms with Gasteiger partial charge in [-0.2, -0.15) is 10.2 Å². The zero-order chi connectivity index (χ0) is 20.9. The van der Waals surface area contributed by atoms with E-state index in [1.807, 2.05) is 19.4 Å². The van der Waals surface area contributed by atoms with Gasteiger partial charge in [-0.1, -0.05) is 12.1 Å². The van der Waals surface area contributed by atoms with Crippen LogP contribution in [-0.4, -0.2) is 34.9 Å². The lowest BCUT2D eigenvalue weighted by molar-refractivity contribution is 0.628. The lowest BCUT2D eigenvalue weighted by Gasteiger charge is -2.02. The first-order valence-electron chi connectivity index (χ1n) is 9.72. The number of fused-ring (bicyclic) bond motifs is 2. The highest BCUT2D eigenvalue weighted by atomic mass is 19.1. The number of aromatic amines is 2. The zero-order valence-electron chi connectivity index (χ0n) is 16.5. The van der Waals surface area contributed by atoms with E-state index >= 15 is 0 Å². The summed E-state index contributed by atoms with van der Waals surface area (Å²) in [7, 11) is 1.88. The molecule has 0 atom stereocenters. The van der Waals surface area contributed by atoms with Crippen molar-refractivity contribution in [2.24, 2.45) is 7.05 Å². The number of nitrogens with one attached hydrogen (secondary N) is 2. The van der Waals surface area contributed by atoms with Crippen molar-refractivity contribution in [1.82, 2.24) is 34.9 Å². The van der Waals surface area contributed by atoms with E-state index in [0.717, 1.165) is 49.9 Å². The Kier molecular flexibility index (Phi) is 3.73. The van der Waals surface area contributed by atoms with Crippen LogP contribution in [0.25, 0.3) is 55.6 Å². The van der Waals surface area contributed by atoms with E-state index in [-0.39, 0.29) is 5.82 Å². The van der Waals surface area contributed by atoms with Crippen molar-refractivity contribution in [3.05, 3.63) is 73.2 Å². The molecule has 0 aliphatic heterocycles. The number of rotatable bonds is 3. The third-order valence-corrected chi connectivity index (χ3v) is 5.42. The van der Waals surface area contributed by atoms with Crippen LogP contribution in [0.5, 0.6) is 0 Å². The summed E-state index contributed by atoms with van der Waals surface area (Å²) in [6.45, 7) is 0. The molecule has 0 aliphatic rings. The highest BCUT2D eigenvalue weighted by Crippen LogP contribution is 2.34. The van der Waals surface area contributed by atoms with Gasteiger partial charge in [-0.25, -0.2) is 9.37 Å². The minimum atomic E-state index is -0.264. The van der Waals surface area contributed by atoms with Gasteiger partial charge in [-0.3, -0.25) is 14.8 Å². The van der Waals surface area contributed by atoms with Gasteiger partial charge >= 0.3 is 0 Å². The molecule has 150 valence electrons. The van der Waals surface area contributed by atoms with Crippen molar-refractivity contribution in [1.29, 1.82) is 0 Å². The van der Waals surface area contributed by atoms with Crippen molar-refractivity contribution < 1.29 is 4.39 Å². The number of hydrogen-bond donors (Lipinski definition) is 2. The normalized spacial score (nSPS) is 11.5. The molecule has 5 aromatic heterocycles. The van der Waals surface area contributed by atoms with E-state index in [2.05, 4.69) is 42.4 Å². The van der Waals surface area contributed by atoms with Crippen molar-refractivity contribution in [3.8, 4) is 33.6 Å². The maximum Gasteiger partial charge on any atom is 0.181 e. The van der Waals surface area contributed by atoms with Gasteiger partial charge in [0.25, 0.3) is 0 Å². The van der Waals surface area contributed by atoms with Gasteiger partial charge < -0.3 is 4.98 Å². The van der Waals surface area contributed by atoms with Crippen molar-refractivity contribution in [2.75, 3.05) is 0 Å². The molecule has 31 heavy (non-hydrogen) atoms. The van der Waals surface area contributed by atoms with E-state index in [9.17, 15) is 4.39 Å². The van der Waals surface area contributed by atoms with Gasteiger partial charge in [0.1, 0.15) is 5.82 Å². The van der Waals surface area contributed by atoms with Crippen molar-refractivity contribution >= 4 is 21.9 Å². The summed E-state index contributed by atoms with van der Waals surface area (Å²) in [5, 5.41) is 13.6. The number of pyridine rings is 2. The predicted molar refractivity (Wildman–Crippen MR) is 117 cm³/mol. The van der Waals surface area contributed by atoms with E-state index in [1.54, 1.807) is 35.4 Å². The first-order chi connectivity index (χ1) is 15.2. The Balaban J connectivity index is 1.50. The van der Waals surface area contributed by atoms with Crippen LogP contribution in [-0.2, 0) is 7.05 Å². The van der Waals surface area contributed by atoms with Crippen LogP contribution in [0, 0.1) is 5.82 Å². The standard InChI is InChI=1S/C23H16FN7/c1-31-12-15(9-27-31)14-6-18-22(29-30-23(18)26-8-14)20-7-17-19(10-25-11-21(17)28-20)13-2-4-16(24)5-3-13/h2-12,28H,1H3,(H,26,29,30). The van der Waals surface area contributed by atoms with E-state index in [4.69, 9.17) is 0 Å². The average Bonchev–Trinajstić information content (AvgIpc) is 3.51. The third kappa shape index (κ3) is 2.88. The fraction of sp³-hybridized carbons (Fsp3) is 0.0435. The first-order valence-corrected chi connectivity index (χ1v) is 9.72. The van der Waals surface area contributed by atoms with Crippen LogP contribution >= 0.6 is 0 Å². The maximum atomic E-state index is 13.4. The maximum absolute atomic E-state index is 13.4. The third-order valence-electron chi connectivity index (χ3n) is 5.42. The summed E-state index contributed by atoms with van der Waals surface area (Å²) in [6.07, 6.45) is 9.13. The number of nitrogens with zero attached hydrogens (tertiary/aromatic N) is 5. The van der Waals surface area contributed by atoms with Gasteiger partial charge in [0.2, 0.25) is 0 Å². The Bertz CT molecular complexity index is 1560. The molecule has 5 heterocycles. The van der Waals surface area contributed by atoms with E-state index in [0.29, 0.717) is 5.65 Å². The molecule has 2 N–H and O–H groups in total. The van der Waals surface area contributed by atoms with Crippen LogP contribution in [0.15, 0.2) is 67.4 Å². The molecule has 8 heteroatoms. The molecule has 0 radical (unpaired) electrons. The Morgan fingerprint density at radius 3 is 2.58 bits per heavy atom. The van der Waals surface area contributed by atoms with Crippen LogP contribution in [0.1, 0.15) is 0 Å². The number of aromatic nitrogens is 7. The molecule has 1 aromatic carbocycles. The molecule has 0 spiro atoms. The quantitative estimate of drug-likeness (QED) is 0.443. The molecular weight excluding hydrogens is 393 g/mol. The Morgan fingerprint density at radius 2 is 1.77 bits per heavy atom. The number of halogens is 1. The molecule has 0 aliphatic carbocycles. The number of H-pyrrole nitrogens is 2. The number of benzene rings is 1. The lowest BCUT2D eigenvalue weighted by Crippen LogP contribution is -1.84. The second kappa shape index (κ2) is 6.60. The van der Waals surface area contributed by atoms with Crippen LogP contribution in [0.2, 0.25) is 0 Å². The molecule has 0 bridgehead atoms. The fourth-order valence-electron chi connectivity index (χ4n) is 3.88. The highest BCUT2D eigenvalue weighted by Gasteiger charge is 2.15. The largest absolute Gasteiger partial charge is 0.352 e. The number of aryl methyl sites for hydroxylation is 1. The average molecular weight is 409 g/mol. The molecule has 7 nitrogen and oxygen atoms in total. The van der Waals surface area contributed by atoms with Crippen LogP contribution < -0.4 is 0 Å². The smallest absolute Gasteiger partial charge is 0.181 e. The Hall–Kier alpha value is -4.33. The van der Waals surface area contributed by atoms with Gasteiger partial charge in [0.05, 0.1) is 29.3 Å². The molecule has 0 amide bonds. The van der Waals surface area contributed by atoms with Gasteiger partial charge in [-0.05, 0) is 29.8 Å². The monoisotopic (exact) mass is 409 g/mol. The van der Waals surface area contributed by atoms with Crippen LogP contribution in [0.3, 0.4) is 0 Å². The summed E-state index contributed by atoms with van der Waals surface area (Å²) < 4.78 is 15.1. The minimum absolute atomic E-state index is 0.264. The van der Waals surface area contributed by atoms with Crippen LogP contribution in [0.4, 0.5) is 4.39 Å². The lowest BCUT2D eigenvalue weighted by atomic mass is 10.0. The summed E-state index contributed by atoms with van der Waals surface area (Å²) in [4.78, 5) is 12.3. The summed E-state index contributed by atoms with van der Waals surface area (Å²) >= 11 is 0. The van der Waals surface area contributed by atoms with Gasteiger partial charge in [0, 0.05) is 53.1 Å². The zero-order valence-corrected chi connectivity index (χ0v) is 16.5. The Labute approximate surface area is 175 Å². The molecule has 0 saturated heterocycles. The molecule has 0 unspecified atom stereocenters. The summed E-state index contributed by atoms with van der Waals surface area (Å²) in [5.41, 5.74) is 7.03. The topological polar surface area (TPSA) is 88.1 Å². The van der Waals surface area contributed by atoms with E-state index < -0.39 is 0 Å².